The van der Waals surface area contributed by atoms with E-state index in [4.69, 9.17) is 32.7 Å². The first kappa shape index (κ1) is 22.1. The summed E-state index contributed by atoms with van der Waals surface area (Å²) >= 11 is 12.2. The highest BCUT2D eigenvalue weighted by Crippen LogP contribution is 2.35. The number of halogens is 2. The fraction of sp³-hybridized carbons (Fsp3) is 0.200. The minimum atomic E-state index is 0.428. The molecule has 0 spiro atoms. The SMILES string of the molecule is C=CCc1cc(CNc2cccc(Cl)c2C)cc(OC)c1OCc1ccc(Cl)cc1. The summed E-state index contributed by atoms with van der Waals surface area (Å²) in [4.78, 5) is 0. The van der Waals surface area contributed by atoms with E-state index in [-0.39, 0.29) is 0 Å². The minimum absolute atomic E-state index is 0.428. The van der Waals surface area contributed by atoms with Crippen LogP contribution in [0.4, 0.5) is 5.69 Å². The molecule has 3 nitrogen and oxygen atoms in total. The zero-order valence-corrected chi connectivity index (χ0v) is 18.7. The zero-order valence-electron chi connectivity index (χ0n) is 17.2. The number of hydrogen-bond acceptors (Lipinski definition) is 3. The average Bonchev–Trinajstić information content (AvgIpc) is 2.75. The predicted octanol–water partition coefficient (Wildman–Crippen LogP) is 7.23. The maximum Gasteiger partial charge on any atom is 0.165 e. The first-order chi connectivity index (χ1) is 14.5. The van der Waals surface area contributed by atoms with E-state index in [1.54, 1.807) is 7.11 Å². The predicted molar refractivity (Wildman–Crippen MR) is 126 cm³/mol. The number of anilines is 1. The van der Waals surface area contributed by atoms with Crippen molar-refractivity contribution in [3.05, 3.63) is 99.6 Å². The summed E-state index contributed by atoms with van der Waals surface area (Å²) in [7, 11) is 1.65. The summed E-state index contributed by atoms with van der Waals surface area (Å²) in [6.45, 7) is 6.95. The van der Waals surface area contributed by atoms with Gasteiger partial charge < -0.3 is 14.8 Å². The molecular formula is C25H25Cl2NO2. The lowest BCUT2D eigenvalue weighted by molar-refractivity contribution is 0.281. The van der Waals surface area contributed by atoms with Crippen molar-refractivity contribution in [3.63, 3.8) is 0 Å². The smallest absolute Gasteiger partial charge is 0.165 e. The van der Waals surface area contributed by atoms with Gasteiger partial charge in [0.1, 0.15) is 6.61 Å². The molecule has 0 saturated heterocycles. The van der Waals surface area contributed by atoms with Crippen LogP contribution in [0.5, 0.6) is 11.5 Å². The van der Waals surface area contributed by atoms with E-state index in [2.05, 4.69) is 18.0 Å². The van der Waals surface area contributed by atoms with Crippen LogP contribution in [0.1, 0.15) is 22.3 Å². The van der Waals surface area contributed by atoms with Gasteiger partial charge in [0.25, 0.3) is 0 Å². The van der Waals surface area contributed by atoms with Crippen LogP contribution in [0.3, 0.4) is 0 Å². The molecule has 0 bridgehead atoms. The molecule has 156 valence electrons. The largest absolute Gasteiger partial charge is 0.493 e. The van der Waals surface area contributed by atoms with Crippen LogP contribution >= 0.6 is 23.2 Å². The van der Waals surface area contributed by atoms with Gasteiger partial charge in [0, 0.05) is 27.8 Å². The molecular weight excluding hydrogens is 417 g/mol. The Morgan fingerprint density at radius 3 is 2.50 bits per heavy atom. The third-order valence-corrected chi connectivity index (χ3v) is 5.48. The van der Waals surface area contributed by atoms with Crippen LogP contribution in [0.15, 0.2) is 67.3 Å². The summed E-state index contributed by atoms with van der Waals surface area (Å²) in [5.74, 6) is 1.43. The van der Waals surface area contributed by atoms with Crippen LogP contribution < -0.4 is 14.8 Å². The van der Waals surface area contributed by atoms with E-state index in [9.17, 15) is 0 Å². The Morgan fingerprint density at radius 2 is 1.80 bits per heavy atom. The number of allylic oxidation sites excluding steroid dienone is 1. The molecule has 0 aliphatic heterocycles. The first-order valence-electron chi connectivity index (χ1n) is 9.68. The second-order valence-electron chi connectivity index (χ2n) is 6.96. The van der Waals surface area contributed by atoms with E-state index in [0.29, 0.717) is 30.3 Å². The first-order valence-corrected chi connectivity index (χ1v) is 10.4. The molecule has 0 aromatic heterocycles. The molecule has 0 heterocycles. The highest BCUT2D eigenvalue weighted by atomic mass is 35.5. The minimum Gasteiger partial charge on any atom is -0.493 e. The van der Waals surface area contributed by atoms with Crippen LogP contribution in [0, 0.1) is 6.92 Å². The van der Waals surface area contributed by atoms with E-state index < -0.39 is 0 Å². The quantitative estimate of drug-likeness (QED) is 0.355. The molecule has 30 heavy (non-hydrogen) atoms. The van der Waals surface area contributed by atoms with Crippen molar-refractivity contribution in [3.8, 4) is 11.5 Å². The number of nitrogens with one attached hydrogen (secondary N) is 1. The van der Waals surface area contributed by atoms with Crippen molar-refractivity contribution in [1.29, 1.82) is 0 Å². The molecule has 3 rings (SSSR count). The van der Waals surface area contributed by atoms with Gasteiger partial charge in [0.2, 0.25) is 0 Å². The van der Waals surface area contributed by atoms with Gasteiger partial charge in [0.15, 0.2) is 11.5 Å². The van der Waals surface area contributed by atoms with Crippen molar-refractivity contribution >= 4 is 28.9 Å². The van der Waals surface area contributed by atoms with Gasteiger partial charge in [-0.15, -0.1) is 6.58 Å². The molecule has 0 aliphatic carbocycles. The fourth-order valence-electron chi connectivity index (χ4n) is 3.18. The molecule has 0 radical (unpaired) electrons. The third kappa shape index (κ3) is 5.50. The van der Waals surface area contributed by atoms with Gasteiger partial charge in [-0.2, -0.15) is 0 Å². The molecule has 0 amide bonds. The Balaban J connectivity index is 1.82. The lowest BCUT2D eigenvalue weighted by Gasteiger charge is -2.18. The van der Waals surface area contributed by atoms with Crippen LogP contribution in [0.2, 0.25) is 10.0 Å². The highest BCUT2D eigenvalue weighted by molar-refractivity contribution is 6.31. The maximum absolute atomic E-state index is 6.23. The molecule has 0 aliphatic rings. The summed E-state index contributed by atoms with van der Waals surface area (Å²) in [5.41, 5.74) is 5.18. The topological polar surface area (TPSA) is 30.5 Å². The van der Waals surface area contributed by atoms with E-state index >= 15 is 0 Å². The van der Waals surface area contributed by atoms with Gasteiger partial charge >= 0.3 is 0 Å². The monoisotopic (exact) mass is 441 g/mol. The van der Waals surface area contributed by atoms with Crippen molar-refractivity contribution in [2.24, 2.45) is 0 Å². The summed E-state index contributed by atoms with van der Waals surface area (Å²) in [5, 5.41) is 4.90. The van der Waals surface area contributed by atoms with Crippen LogP contribution in [-0.4, -0.2) is 7.11 Å². The van der Waals surface area contributed by atoms with Crippen molar-refractivity contribution in [2.75, 3.05) is 12.4 Å². The van der Waals surface area contributed by atoms with E-state index in [1.807, 2.05) is 61.5 Å². The lowest BCUT2D eigenvalue weighted by atomic mass is 10.0. The highest BCUT2D eigenvalue weighted by Gasteiger charge is 2.13. The van der Waals surface area contributed by atoms with Crippen molar-refractivity contribution < 1.29 is 9.47 Å². The van der Waals surface area contributed by atoms with Crippen molar-refractivity contribution in [1.82, 2.24) is 0 Å². The van der Waals surface area contributed by atoms with Crippen LogP contribution in [0.25, 0.3) is 0 Å². The Hall–Kier alpha value is -2.62. The van der Waals surface area contributed by atoms with E-state index in [0.717, 1.165) is 38.7 Å². The Morgan fingerprint density at radius 1 is 1.03 bits per heavy atom. The Kier molecular flexibility index (Phi) is 7.67. The van der Waals surface area contributed by atoms with Gasteiger partial charge in [-0.25, -0.2) is 0 Å². The van der Waals surface area contributed by atoms with Gasteiger partial charge in [-0.1, -0.05) is 47.5 Å². The third-order valence-electron chi connectivity index (χ3n) is 4.82. The van der Waals surface area contributed by atoms with Gasteiger partial charge in [-0.05, 0) is 66.4 Å². The number of methoxy groups -OCH3 is 1. The Bertz CT molecular complexity index is 1020. The average molecular weight is 442 g/mol. The van der Waals surface area contributed by atoms with Gasteiger partial charge in [-0.3, -0.25) is 0 Å². The standard InChI is InChI=1S/C25H25Cl2NO2/c1-4-6-20-13-19(15-28-23-8-5-7-22(27)17(23)2)14-24(29-3)25(20)30-16-18-9-11-21(26)12-10-18/h4-5,7-14,28H,1,6,15-16H2,2-3H3. The number of rotatable bonds is 9. The molecule has 3 aromatic carbocycles. The summed E-state index contributed by atoms with van der Waals surface area (Å²) in [6, 6.07) is 17.6. The second kappa shape index (κ2) is 10.4. The molecule has 0 unspecified atom stereocenters. The number of hydrogen-bond donors (Lipinski definition) is 1. The van der Waals surface area contributed by atoms with Crippen molar-refractivity contribution in [2.45, 2.75) is 26.5 Å². The molecule has 0 atom stereocenters. The van der Waals surface area contributed by atoms with Gasteiger partial charge in [0.05, 0.1) is 7.11 Å². The normalized spacial score (nSPS) is 10.5. The maximum atomic E-state index is 6.23. The molecule has 0 fully saturated rings. The molecule has 5 heteroatoms. The molecule has 1 N–H and O–H groups in total. The Labute approximate surface area is 188 Å². The lowest BCUT2D eigenvalue weighted by Crippen LogP contribution is -2.05. The fourth-order valence-corrected chi connectivity index (χ4v) is 3.48. The second-order valence-corrected chi connectivity index (χ2v) is 7.80. The zero-order chi connectivity index (χ0) is 21.5. The summed E-state index contributed by atoms with van der Waals surface area (Å²) < 4.78 is 11.8. The summed E-state index contributed by atoms with van der Waals surface area (Å²) in [6.07, 6.45) is 2.54. The van der Waals surface area contributed by atoms with E-state index in [1.165, 1.54) is 0 Å². The number of ether oxygens (including phenoxy) is 2. The van der Waals surface area contributed by atoms with Crippen LogP contribution in [-0.2, 0) is 19.6 Å². The number of benzene rings is 3. The molecule has 3 aromatic rings. The molecule has 0 saturated carbocycles.